The fourth-order valence-electron chi connectivity index (χ4n) is 1.85. The number of rotatable bonds is 4. The van der Waals surface area contributed by atoms with Crippen molar-refractivity contribution in [2.24, 2.45) is 5.92 Å². The summed E-state index contributed by atoms with van der Waals surface area (Å²) in [7, 11) is 0. The number of carbonyl (C=O) groups is 1. The molecule has 1 rings (SSSR count). The topological polar surface area (TPSA) is 53.2 Å². The minimum Gasteiger partial charge on any atom is -0.338 e. The van der Waals surface area contributed by atoms with Crippen LogP contribution in [0.25, 0.3) is 0 Å². The summed E-state index contributed by atoms with van der Waals surface area (Å²) in [5.74, 6) is 0.502. The first-order valence-electron chi connectivity index (χ1n) is 6.43. The summed E-state index contributed by atoms with van der Waals surface area (Å²) in [6.45, 7) is 6.74. The summed E-state index contributed by atoms with van der Waals surface area (Å²) in [4.78, 5) is 11.4. The molecule has 0 aromatic rings. The van der Waals surface area contributed by atoms with E-state index in [-0.39, 0.29) is 6.03 Å². The number of nitrogens with one attached hydrogen (secondary N) is 3. The van der Waals surface area contributed by atoms with Crippen LogP contribution in [0.2, 0.25) is 0 Å². The monoisotopic (exact) mass is 227 g/mol. The maximum absolute atomic E-state index is 11.4. The van der Waals surface area contributed by atoms with Gasteiger partial charge < -0.3 is 16.0 Å². The van der Waals surface area contributed by atoms with Gasteiger partial charge >= 0.3 is 6.03 Å². The molecule has 0 aromatic carbocycles. The van der Waals surface area contributed by atoms with Crippen LogP contribution in [0.3, 0.4) is 0 Å². The van der Waals surface area contributed by atoms with E-state index in [1.54, 1.807) is 0 Å². The van der Waals surface area contributed by atoms with Crippen LogP contribution >= 0.6 is 0 Å². The van der Waals surface area contributed by atoms with E-state index < -0.39 is 0 Å². The maximum Gasteiger partial charge on any atom is 0.314 e. The molecule has 1 heterocycles. The minimum absolute atomic E-state index is 0.0419. The third-order valence-electron chi connectivity index (χ3n) is 2.84. The van der Waals surface area contributed by atoms with Crippen molar-refractivity contribution >= 4 is 6.03 Å². The molecule has 1 aliphatic rings. The molecule has 0 bridgehead atoms. The summed E-state index contributed by atoms with van der Waals surface area (Å²) in [5, 5.41) is 9.24. The molecule has 4 heteroatoms. The standard InChI is InChI=1S/C12H25N3O/c1-10(2)8-14-12(16)15-9-11-6-4-3-5-7-13-11/h10-11,13H,3-9H2,1-2H3,(H2,14,15,16). The van der Waals surface area contributed by atoms with Gasteiger partial charge in [0, 0.05) is 19.1 Å². The zero-order chi connectivity index (χ0) is 11.8. The fraction of sp³-hybridized carbons (Fsp3) is 0.917. The van der Waals surface area contributed by atoms with E-state index in [1.165, 1.54) is 25.7 Å². The van der Waals surface area contributed by atoms with E-state index in [1.807, 2.05) is 0 Å². The van der Waals surface area contributed by atoms with Crippen LogP contribution in [0, 0.1) is 5.92 Å². The molecule has 0 aromatic heterocycles. The number of hydrogen-bond donors (Lipinski definition) is 3. The first kappa shape index (κ1) is 13.3. The molecule has 4 nitrogen and oxygen atoms in total. The second-order valence-electron chi connectivity index (χ2n) is 4.99. The van der Waals surface area contributed by atoms with Gasteiger partial charge in [0.05, 0.1) is 0 Å². The van der Waals surface area contributed by atoms with Gasteiger partial charge in [-0.2, -0.15) is 0 Å². The number of amides is 2. The van der Waals surface area contributed by atoms with Gasteiger partial charge in [0.15, 0.2) is 0 Å². The summed E-state index contributed by atoms with van der Waals surface area (Å²) < 4.78 is 0. The molecule has 16 heavy (non-hydrogen) atoms. The van der Waals surface area contributed by atoms with E-state index in [0.717, 1.165) is 19.6 Å². The Morgan fingerprint density at radius 3 is 2.88 bits per heavy atom. The second kappa shape index (κ2) is 7.49. The smallest absolute Gasteiger partial charge is 0.314 e. The van der Waals surface area contributed by atoms with E-state index >= 15 is 0 Å². The summed E-state index contributed by atoms with van der Waals surface area (Å²) >= 11 is 0. The molecule has 0 saturated carbocycles. The van der Waals surface area contributed by atoms with Gasteiger partial charge in [0.25, 0.3) is 0 Å². The van der Waals surface area contributed by atoms with E-state index in [9.17, 15) is 4.79 Å². The third kappa shape index (κ3) is 5.95. The van der Waals surface area contributed by atoms with Crippen molar-refractivity contribution in [3.8, 4) is 0 Å². The lowest BCUT2D eigenvalue weighted by Gasteiger charge is -2.17. The van der Waals surface area contributed by atoms with Gasteiger partial charge in [0.1, 0.15) is 0 Å². The first-order chi connectivity index (χ1) is 7.68. The Hall–Kier alpha value is -0.770. The average molecular weight is 227 g/mol. The van der Waals surface area contributed by atoms with Gasteiger partial charge in [-0.15, -0.1) is 0 Å². The Morgan fingerprint density at radius 2 is 2.12 bits per heavy atom. The van der Waals surface area contributed by atoms with Gasteiger partial charge in [0.2, 0.25) is 0 Å². The molecule has 1 saturated heterocycles. The summed E-state index contributed by atoms with van der Waals surface area (Å²) in [5.41, 5.74) is 0. The van der Waals surface area contributed by atoms with Crippen LogP contribution in [0.5, 0.6) is 0 Å². The van der Waals surface area contributed by atoms with E-state index in [2.05, 4.69) is 29.8 Å². The highest BCUT2D eigenvalue weighted by Crippen LogP contribution is 2.07. The van der Waals surface area contributed by atoms with Crippen LogP contribution < -0.4 is 16.0 Å². The predicted molar refractivity (Wildman–Crippen MR) is 66.5 cm³/mol. The van der Waals surface area contributed by atoms with Gasteiger partial charge in [-0.25, -0.2) is 4.79 Å². The van der Waals surface area contributed by atoms with Crippen molar-refractivity contribution in [3.63, 3.8) is 0 Å². The second-order valence-corrected chi connectivity index (χ2v) is 4.99. The zero-order valence-corrected chi connectivity index (χ0v) is 10.5. The molecule has 0 aliphatic carbocycles. The average Bonchev–Trinajstić information content (AvgIpc) is 2.51. The quantitative estimate of drug-likeness (QED) is 0.681. The van der Waals surface area contributed by atoms with Crippen molar-refractivity contribution in [1.82, 2.24) is 16.0 Å². The lowest BCUT2D eigenvalue weighted by Crippen LogP contribution is -2.45. The molecule has 1 fully saturated rings. The molecule has 0 spiro atoms. The Morgan fingerprint density at radius 1 is 1.31 bits per heavy atom. The summed E-state index contributed by atoms with van der Waals surface area (Å²) in [6, 6.07) is 0.409. The van der Waals surface area contributed by atoms with Crippen molar-refractivity contribution in [2.75, 3.05) is 19.6 Å². The Kier molecular flexibility index (Phi) is 6.23. The lowest BCUT2D eigenvalue weighted by molar-refractivity contribution is 0.238. The van der Waals surface area contributed by atoms with Crippen molar-refractivity contribution in [2.45, 2.75) is 45.6 Å². The highest BCUT2D eigenvalue weighted by atomic mass is 16.2. The normalized spacial score (nSPS) is 21.6. The van der Waals surface area contributed by atoms with Crippen LogP contribution in [0.15, 0.2) is 0 Å². The van der Waals surface area contributed by atoms with Gasteiger partial charge in [-0.3, -0.25) is 0 Å². The molecular formula is C12H25N3O. The maximum atomic E-state index is 11.4. The Bertz CT molecular complexity index is 198. The third-order valence-corrected chi connectivity index (χ3v) is 2.84. The van der Waals surface area contributed by atoms with Crippen molar-refractivity contribution in [3.05, 3.63) is 0 Å². The molecular weight excluding hydrogens is 202 g/mol. The molecule has 1 unspecified atom stereocenters. The van der Waals surface area contributed by atoms with Crippen molar-refractivity contribution < 1.29 is 4.79 Å². The minimum atomic E-state index is -0.0419. The molecule has 94 valence electrons. The fourth-order valence-corrected chi connectivity index (χ4v) is 1.85. The van der Waals surface area contributed by atoms with E-state index in [4.69, 9.17) is 0 Å². The predicted octanol–water partition coefficient (Wildman–Crippen LogP) is 1.47. The molecule has 1 aliphatic heterocycles. The lowest BCUT2D eigenvalue weighted by atomic mass is 10.1. The number of carbonyl (C=O) groups excluding carboxylic acids is 1. The zero-order valence-electron chi connectivity index (χ0n) is 10.5. The largest absolute Gasteiger partial charge is 0.338 e. The number of urea groups is 1. The molecule has 0 radical (unpaired) electrons. The Labute approximate surface area is 98.6 Å². The Balaban J connectivity index is 2.10. The SMILES string of the molecule is CC(C)CNC(=O)NCC1CCCCCN1. The highest BCUT2D eigenvalue weighted by Gasteiger charge is 2.12. The molecule has 2 amide bonds. The van der Waals surface area contributed by atoms with E-state index in [0.29, 0.717) is 12.0 Å². The molecule has 3 N–H and O–H groups in total. The number of hydrogen-bond acceptors (Lipinski definition) is 2. The van der Waals surface area contributed by atoms with Crippen LogP contribution in [-0.4, -0.2) is 31.7 Å². The van der Waals surface area contributed by atoms with Crippen LogP contribution in [-0.2, 0) is 0 Å². The van der Waals surface area contributed by atoms with Crippen molar-refractivity contribution in [1.29, 1.82) is 0 Å². The summed E-state index contributed by atoms with van der Waals surface area (Å²) in [6.07, 6.45) is 5.01. The van der Waals surface area contributed by atoms with Gasteiger partial charge in [-0.1, -0.05) is 26.7 Å². The van der Waals surface area contributed by atoms with Crippen LogP contribution in [0.1, 0.15) is 39.5 Å². The van der Waals surface area contributed by atoms with Crippen LogP contribution in [0.4, 0.5) is 4.79 Å². The van der Waals surface area contributed by atoms with Gasteiger partial charge in [-0.05, 0) is 25.3 Å². The highest BCUT2D eigenvalue weighted by molar-refractivity contribution is 5.73. The first-order valence-corrected chi connectivity index (χ1v) is 6.43. The molecule has 1 atom stereocenters.